The van der Waals surface area contributed by atoms with Crippen LogP contribution in [0.5, 0.6) is 0 Å². The van der Waals surface area contributed by atoms with E-state index < -0.39 is 0 Å². The summed E-state index contributed by atoms with van der Waals surface area (Å²) < 4.78 is 1.91. The number of hydrogen-bond donors (Lipinski definition) is 0. The molecule has 0 aliphatic heterocycles. The second-order valence-corrected chi connectivity index (χ2v) is 6.73. The summed E-state index contributed by atoms with van der Waals surface area (Å²) in [7, 11) is 0. The molecule has 7 heteroatoms. The van der Waals surface area contributed by atoms with Gasteiger partial charge in [-0.05, 0) is 40.9 Å². The van der Waals surface area contributed by atoms with Crippen molar-refractivity contribution in [3.05, 3.63) is 63.3 Å². The maximum Gasteiger partial charge on any atom is 0.182 e. The Kier molecular flexibility index (Phi) is 5.10. The van der Waals surface area contributed by atoms with Gasteiger partial charge in [0.1, 0.15) is 11.0 Å². The van der Waals surface area contributed by atoms with Gasteiger partial charge in [-0.15, -0.1) is 0 Å². The van der Waals surface area contributed by atoms with E-state index in [0.717, 1.165) is 11.4 Å². The zero-order valence-corrected chi connectivity index (χ0v) is 14.6. The highest BCUT2D eigenvalue weighted by atomic mass is 35.5. The first kappa shape index (κ1) is 16.2. The fourth-order valence-corrected chi connectivity index (χ4v) is 2.99. The smallest absolute Gasteiger partial charge is 0.182 e. The van der Waals surface area contributed by atoms with E-state index in [0.29, 0.717) is 35.4 Å². The molecule has 0 atom stereocenters. The molecular formula is C16H14Cl2N4S. The van der Waals surface area contributed by atoms with Crippen LogP contribution in [0.15, 0.2) is 46.8 Å². The van der Waals surface area contributed by atoms with Crippen molar-refractivity contribution in [2.75, 3.05) is 0 Å². The van der Waals surface area contributed by atoms with E-state index in [9.17, 15) is 0 Å². The van der Waals surface area contributed by atoms with Crippen molar-refractivity contribution < 1.29 is 0 Å². The normalized spacial score (nSPS) is 10.9. The van der Waals surface area contributed by atoms with Gasteiger partial charge in [0.25, 0.3) is 0 Å². The summed E-state index contributed by atoms with van der Waals surface area (Å²) in [5, 5.41) is 9.84. The van der Waals surface area contributed by atoms with Gasteiger partial charge in [0.15, 0.2) is 5.82 Å². The Bertz CT molecular complexity index is 794. The molecule has 0 saturated carbocycles. The maximum atomic E-state index is 5.89. The average molecular weight is 365 g/mol. The highest BCUT2D eigenvalue weighted by molar-refractivity contribution is 7.07. The molecule has 0 spiro atoms. The molecule has 3 aromatic rings. The third kappa shape index (κ3) is 4.19. The second kappa shape index (κ2) is 7.25. The molecule has 23 heavy (non-hydrogen) atoms. The lowest BCUT2D eigenvalue weighted by Crippen LogP contribution is -2.06. The molecule has 4 nitrogen and oxygen atoms in total. The van der Waals surface area contributed by atoms with Gasteiger partial charge in [0.05, 0.1) is 6.54 Å². The van der Waals surface area contributed by atoms with Crippen LogP contribution in [-0.2, 0) is 13.0 Å². The van der Waals surface area contributed by atoms with Crippen LogP contribution in [-0.4, -0.2) is 19.7 Å². The van der Waals surface area contributed by atoms with Crippen molar-refractivity contribution in [1.82, 2.24) is 19.7 Å². The Morgan fingerprint density at radius 2 is 2.17 bits per heavy atom. The monoisotopic (exact) mass is 364 g/mol. The van der Waals surface area contributed by atoms with Crippen molar-refractivity contribution in [2.24, 2.45) is 0 Å². The van der Waals surface area contributed by atoms with Gasteiger partial charge in [-0.1, -0.05) is 29.8 Å². The second-order valence-electron chi connectivity index (χ2n) is 5.03. The zero-order valence-electron chi connectivity index (χ0n) is 12.2. The molecule has 118 valence electrons. The first-order valence-electron chi connectivity index (χ1n) is 7.02. The summed E-state index contributed by atoms with van der Waals surface area (Å²) in [6.07, 6.45) is 3.04. The maximum absolute atomic E-state index is 5.89. The molecule has 0 aliphatic carbocycles. The van der Waals surface area contributed by atoms with Crippen LogP contribution >= 0.6 is 34.5 Å². The molecule has 0 aliphatic rings. The quantitative estimate of drug-likeness (QED) is 0.590. The van der Waals surface area contributed by atoms with Gasteiger partial charge in [0.2, 0.25) is 0 Å². The van der Waals surface area contributed by atoms with E-state index in [4.69, 9.17) is 23.2 Å². The minimum atomic E-state index is 0.449. The number of allylic oxidation sites excluding steroid dienone is 1. The lowest BCUT2D eigenvalue weighted by atomic mass is 10.2. The van der Waals surface area contributed by atoms with Crippen LogP contribution in [0, 0.1) is 0 Å². The Morgan fingerprint density at radius 1 is 1.30 bits per heavy atom. The fraction of sp³-hybridized carbons (Fsp3) is 0.188. The Labute approximate surface area is 148 Å². The van der Waals surface area contributed by atoms with Crippen molar-refractivity contribution in [3.63, 3.8) is 0 Å². The van der Waals surface area contributed by atoms with Crippen molar-refractivity contribution in [1.29, 1.82) is 0 Å². The summed E-state index contributed by atoms with van der Waals surface area (Å²) in [6.45, 7) is 4.42. The summed E-state index contributed by atoms with van der Waals surface area (Å²) in [5.41, 5.74) is 2.04. The molecule has 0 N–H and O–H groups in total. The van der Waals surface area contributed by atoms with Crippen LogP contribution in [0.1, 0.15) is 17.8 Å². The summed E-state index contributed by atoms with van der Waals surface area (Å²) in [4.78, 5) is 8.72. The van der Waals surface area contributed by atoms with E-state index >= 15 is 0 Å². The SMILES string of the molecule is C=C(Cl)CCc1nc(-c2ccc(Cl)nc2)nn1Cc1ccsc1. The molecule has 0 amide bonds. The largest absolute Gasteiger partial charge is 0.245 e. The molecule has 0 saturated heterocycles. The molecular weight excluding hydrogens is 351 g/mol. The van der Waals surface area contributed by atoms with Gasteiger partial charge < -0.3 is 0 Å². The van der Waals surface area contributed by atoms with E-state index in [1.165, 1.54) is 5.56 Å². The highest BCUT2D eigenvalue weighted by Gasteiger charge is 2.13. The number of thiophene rings is 1. The van der Waals surface area contributed by atoms with Crippen LogP contribution in [0.4, 0.5) is 0 Å². The number of rotatable bonds is 6. The van der Waals surface area contributed by atoms with E-state index in [1.54, 1.807) is 23.6 Å². The van der Waals surface area contributed by atoms with Crippen LogP contribution in [0.25, 0.3) is 11.4 Å². The lowest BCUT2D eigenvalue weighted by Gasteiger charge is -2.03. The van der Waals surface area contributed by atoms with Gasteiger partial charge in [-0.25, -0.2) is 14.6 Å². The number of aromatic nitrogens is 4. The van der Waals surface area contributed by atoms with E-state index in [2.05, 4.69) is 38.5 Å². The number of hydrogen-bond acceptors (Lipinski definition) is 4. The third-order valence-electron chi connectivity index (χ3n) is 3.27. The number of aryl methyl sites for hydroxylation is 1. The lowest BCUT2D eigenvalue weighted by molar-refractivity contribution is 0.637. The Morgan fingerprint density at radius 3 is 2.83 bits per heavy atom. The molecule has 0 unspecified atom stereocenters. The number of halogens is 2. The molecule has 3 rings (SSSR count). The van der Waals surface area contributed by atoms with E-state index in [-0.39, 0.29) is 0 Å². The van der Waals surface area contributed by atoms with Crippen molar-refractivity contribution in [2.45, 2.75) is 19.4 Å². The molecule has 0 fully saturated rings. The zero-order chi connectivity index (χ0) is 16.2. The number of pyridine rings is 1. The van der Waals surface area contributed by atoms with Crippen molar-refractivity contribution >= 4 is 34.5 Å². The summed E-state index contributed by atoms with van der Waals surface area (Å²) >= 11 is 13.4. The molecule has 3 aromatic heterocycles. The van der Waals surface area contributed by atoms with Crippen LogP contribution in [0.3, 0.4) is 0 Å². The highest BCUT2D eigenvalue weighted by Crippen LogP contribution is 2.19. The van der Waals surface area contributed by atoms with Gasteiger partial charge in [-0.2, -0.15) is 16.4 Å². The molecule has 0 radical (unpaired) electrons. The predicted molar refractivity (Wildman–Crippen MR) is 95.0 cm³/mol. The van der Waals surface area contributed by atoms with Crippen LogP contribution < -0.4 is 0 Å². The minimum Gasteiger partial charge on any atom is -0.245 e. The predicted octanol–water partition coefficient (Wildman–Crippen LogP) is 4.79. The third-order valence-corrected chi connectivity index (χ3v) is 4.41. The van der Waals surface area contributed by atoms with Gasteiger partial charge in [-0.3, -0.25) is 0 Å². The molecule has 0 aromatic carbocycles. The van der Waals surface area contributed by atoms with Gasteiger partial charge in [0, 0.05) is 23.2 Å². The van der Waals surface area contributed by atoms with E-state index in [1.807, 2.05) is 10.7 Å². The Balaban J connectivity index is 1.91. The standard InChI is InChI=1S/C16H14Cl2N4S/c1-11(17)2-5-15-20-16(13-3-4-14(18)19-8-13)21-22(15)9-12-6-7-23-10-12/h3-4,6-8,10H,1-2,5,9H2. The van der Waals surface area contributed by atoms with Crippen molar-refractivity contribution in [3.8, 4) is 11.4 Å². The summed E-state index contributed by atoms with van der Waals surface area (Å²) in [5.74, 6) is 1.52. The topological polar surface area (TPSA) is 43.6 Å². The first-order chi connectivity index (χ1) is 11.1. The van der Waals surface area contributed by atoms with Gasteiger partial charge >= 0.3 is 0 Å². The number of nitrogens with zero attached hydrogens (tertiary/aromatic N) is 4. The molecule has 0 bridgehead atoms. The minimum absolute atomic E-state index is 0.449. The Hall–Kier alpha value is -1.69. The average Bonchev–Trinajstić information content (AvgIpc) is 3.16. The fourth-order valence-electron chi connectivity index (χ4n) is 2.12. The van der Waals surface area contributed by atoms with Crippen LogP contribution in [0.2, 0.25) is 5.15 Å². The summed E-state index contributed by atoms with van der Waals surface area (Å²) in [6, 6.07) is 5.68. The first-order valence-corrected chi connectivity index (χ1v) is 8.71. The molecule has 3 heterocycles.